The molecule has 1 aliphatic carbocycles. The molecule has 10 heteroatoms. The zero-order valence-electron chi connectivity index (χ0n) is 16.4. The number of ether oxygens (including phenoxy) is 1. The number of hydrogen-bond donors (Lipinski definition) is 2. The van der Waals surface area contributed by atoms with Crippen LogP contribution in [0.2, 0.25) is 0 Å². The van der Waals surface area contributed by atoms with Gasteiger partial charge in [-0.3, -0.25) is 4.74 Å². The first-order chi connectivity index (χ1) is 14.9. The number of rotatable bonds is 4. The quantitative estimate of drug-likeness (QED) is 0.484. The number of H-pyrrole nitrogens is 1. The van der Waals surface area contributed by atoms with Crippen LogP contribution in [-0.2, 0) is 4.74 Å². The number of hydrogen-bond acceptors (Lipinski definition) is 6. The molecular weight excluding hydrogens is 409 g/mol. The summed E-state index contributed by atoms with van der Waals surface area (Å²) in [5, 5.41) is 5.06. The minimum absolute atomic E-state index is 0.0143. The molecule has 0 saturated heterocycles. The van der Waals surface area contributed by atoms with Crippen LogP contribution in [0.4, 0.5) is 19.1 Å². The van der Waals surface area contributed by atoms with Crippen molar-refractivity contribution in [3.8, 4) is 11.1 Å². The fraction of sp³-hybridized carbons (Fsp3) is 0.333. The Kier molecular flexibility index (Phi) is 4.93. The van der Waals surface area contributed by atoms with Crippen LogP contribution < -0.4 is 5.32 Å². The van der Waals surface area contributed by atoms with Crippen LogP contribution in [-0.4, -0.2) is 43.4 Å². The summed E-state index contributed by atoms with van der Waals surface area (Å²) < 4.78 is 41.2. The molecule has 31 heavy (non-hydrogen) atoms. The summed E-state index contributed by atoms with van der Waals surface area (Å²) in [7, 11) is 0. The SMILES string of the molecule is FC(F)(F)OC1CCC(Nc2ncc3c(-c4ccc5ncncc5c4)c[nH]c3n2)CC1. The Morgan fingerprint density at radius 2 is 1.90 bits per heavy atom. The zero-order valence-corrected chi connectivity index (χ0v) is 16.4. The molecule has 5 rings (SSSR count). The number of nitrogens with zero attached hydrogens (tertiary/aromatic N) is 4. The predicted molar refractivity (Wildman–Crippen MR) is 109 cm³/mol. The summed E-state index contributed by atoms with van der Waals surface area (Å²) in [6.45, 7) is 0. The fourth-order valence-electron chi connectivity index (χ4n) is 4.06. The van der Waals surface area contributed by atoms with Crippen molar-refractivity contribution < 1.29 is 17.9 Å². The van der Waals surface area contributed by atoms with Crippen LogP contribution in [0, 0.1) is 0 Å². The van der Waals surface area contributed by atoms with Gasteiger partial charge >= 0.3 is 6.36 Å². The van der Waals surface area contributed by atoms with Crippen molar-refractivity contribution >= 4 is 27.9 Å². The van der Waals surface area contributed by atoms with Crippen LogP contribution in [0.1, 0.15) is 25.7 Å². The lowest BCUT2D eigenvalue weighted by atomic mass is 9.93. The molecule has 4 aromatic rings. The molecule has 0 amide bonds. The van der Waals surface area contributed by atoms with Crippen molar-refractivity contribution in [1.82, 2.24) is 24.9 Å². The van der Waals surface area contributed by atoms with E-state index in [4.69, 9.17) is 0 Å². The monoisotopic (exact) mass is 428 g/mol. The number of alkyl halides is 3. The number of nitrogens with one attached hydrogen (secondary N) is 2. The topological polar surface area (TPSA) is 88.6 Å². The summed E-state index contributed by atoms with van der Waals surface area (Å²) in [6.07, 6.45) is 3.39. The third kappa shape index (κ3) is 4.29. The van der Waals surface area contributed by atoms with Gasteiger partial charge in [-0.2, -0.15) is 4.98 Å². The smallest absolute Gasteiger partial charge is 0.351 e. The molecular formula is C21H19F3N6O. The highest BCUT2D eigenvalue weighted by Gasteiger charge is 2.35. The van der Waals surface area contributed by atoms with Crippen molar-refractivity contribution in [2.45, 2.75) is 44.2 Å². The van der Waals surface area contributed by atoms with E-state index in [1.165, 1.54) is 6.33 Å². The van der Waals surface area contributed by atoms with E-state index >= 15 is 0 Å². The second-order valence-electron chi connectivity index (χ2n) is 7.64. The Hall–Kier alpha value is -3.27. The Labute approximate surface area is 175 Å². The fourth-order valence-corrected chi connectivity index (χ4v) is 4.06. The van der Waals surface area contributed by atoms with Gasteiger partial charge in [0.25, 0.3) is 0 Å². The lowest BCUT2D eigenvalue weighted by Gasteiger charge is -2.29. The van der Waals surface area contributed by atoms with Gasteiger partial charge in [0.05, 0.1) is 11.6 Å². The van der Waals surface area contributed by atoms with Crippen molar-refractivity contribution in [3.05, 3.63) is 43.1 Å². The highest BCUT2D eigenvalue weighted by Crippen LogP contribution is 2.31. The largest absolute Gasteiger partial charge is 0.522 e. The number of benzene rings is 1. The number of halogens is 3. The molecule has 3 heterocycles. The maximum atomic E-state index is 12.4. The predicted octanol–water partition coefficient (Wildman–Crippen LogP) is 4.83. The second-order valence-corrected chi connectivity index (χ2v) is 7.64. The number of fused-ring (bicyclic) bond motifs is 2. The molecule has 0 bridgehead atoms. The first-order valence-corrected chi connectivity index (χ1v) is 10.00. The summed E-state index contributed by atoms with van der Waals surface area (Å²) in [5.74, 6) is 0.452. The van der Waals surface area contributed by atoms with E-state index in [-0.39, 0.29) is 6.04 Å². The lowest BCUT2D eigenvalue weighted by molar-refractivity contribution is -0.345. The minimum Gasteiger partial charge on any atom is -0.351 e. The Morgan fingerprint density at radius 1 is 1.06 bits per heavy atom. The molecule has 3 aromatic heterocycles. The average Bonchev–Trinajstić information content (AvgIpc) is 3.17. The Bertz CT molecular complexity index is 1220. The first-order valence-electron chi connectivity index (χ1n) is 10.00. The maximum absolute atomic E-state index is 12.4. The van der Waals surface area contributed by atoms with Gasteiger partial charge in [-0.25, -0.2) is 15.0 Å². The van der Waals surface area contributed by atoms with Crippen LogP contribution >= 0.6 is 0 Å². The Morgan fingerprint density at radius 3 is 2.71 bits per heavy atom. The van der Waals surface area contributed by atoms with E-state index < -0.39 is 12.5 Å². The molecule has 1 aliphatic rings. The molecule has 0 spiro atoms. The summed E-state index contributed by atoms with van der Waals surface area (Å²) >= 11 is 0. The van der Waals surface area contributed by atoms with Gasteiger partial charge in [0, 0.05) is 41.0 Å². The highest BCUT2D eigenvalue weighted by atomic mass is 19.4. The van der Waals surface area contributed by atoms with Gasteiger partial charge in [-0.15, -0.1) is 13.2 Å². The van der Waals surface area contributed by atoms with Crippen molar-refractivity contribution in [2.75, 3.05) is 5.32 Å². The minimum atomic E-state index is -4.58. The van der Waals surface area contributed by atoms with E-state index in [9.17, 15) is 13.2 Å². The van der Waals surface area contributed by atoms with E-state index in [2.05, 4.69) is 35.0 Å². The van der Waals surface area contributed by atoms with Gasteiger partial charge in [0.15, 0.2) is 0 Å². The molecule has 0 radical (unpaired) electrons. The molecule has 0 unspecified atom stereocenters. The average molecular weight is 428 g/mol. The van der Waals surface area contributed by atoms with E-state index in [0.717, 1.165) is 27.4 Å². The van der Waals surface area contributed by atoms with Crippen LogP contribution in [0.3, 0.4) is 0 Å². The third-order valence-corrected chi connectivity index (χ3v) is 5.56. The number of aromatic amines is 1. The zero-order chi connectivity index (χ0) is 21.4. The van der Waals surface area contributed by atoms with Crippen LogP contribution in [0.25, 0.3) is 33.1 Å². The van der Waals surface area contributed by atoms with E-state index in [1.807, 2.05) is 24.4 Å². The molecule has 0 atom stereocenters. The Balaban J connectivity index is 1.30. The van der Waals surface area contributed by atoms with Crippen LogP contribution in [0.5, 0.6) is 0 Å². The van der Waals surface area contributed by atoms with Gasteiger partial charge in [-0.1, -0.05) is 6.07 Å². The molecule has 160 valence electrons. The van der Waals surface area contributed by atoms with E-state index in [0.29, 0.717) is 37.3 Å². The summed E-state index contributed by atoms with van der Waals surface area (Å²) in [4.78, 5) is 20.5. The molecule has 0 aliphatic heterocycles. The summed E-state index contributed by atoms with van der Waals surface area (Å²) in [6, 6.07) is 5.97. The first kappa shape index (κ1) is 19.7. The second kappa shape index (κ2) is 7.77. The summed E-state index contributed by atoms with van der Waals surface area (Å²) in [5.41, 5.74) is 3.53. The molecule has 1 saturated carbocycles. The lowest BCUT2D eigenvalue weighted by Crippen LogP contribution is -2.33. The van der Waals surface area contributed by atoms with Gasteiger partial charge < -0.3 is 10.3 Å². The molecule has 1 fully saturated rings. The third-order valence-electron chi connectivity index (χ3n) is 5.56. The van der Waals surface area contributed by atoms with Crippen LogP contribution in [0.15, 0.2) is 43.1 Å². The van der Waals surface area contributed by atoms with E-state index in [1.54, 1.807) is 12.4 Å². The van der Waals surface area contributed by atoms with Gasteiger partial charge in [-0.05, 0) is 43.4 Å². The normalized spacial score (nSPS) is 19.7. The highest BCUT2D eigenvalue weighted by molar-refractivity contribution is 5.96. The van der Waals surface area contributed by atoms with Crippen molar-refractivity contribution in [2.24, 2.45) is 0 Å². The molecule has 1 aromatic carbocycles. The molecule has 2 N–H and O–H groups in total. The van der Waals surface area contributed by atoms with Crippen molar-refractivity contribution in [3.63, 3.8) is 0 Å². The van der Waals surface area contributed by atoms with Gasteiger partial charge in [0.2, 0.25) is 5.95 Å². The number of anilines is 1. The maximum Gasteiger partial charge on any atom is 0.522 e. The molecule has 7 nitrogen and oxygen atoms in total. The number of aromatic nitrogens is 5. The van der Waals surface area contributed by atoms with Crippen molar-refractivity contribution in [1.29, 1.82) is 0 Å². The van der Waals surface area contributed by atoms with Gasteiger partial charge in [0.1, 0.15) is 12.0 Å². The standard InChI is InChI=1S/C21H19F3N6O/c22-21(23,24)31-15-4-2-14(3-5-15)29-20-27-10-17-16(9-26-19(17)30-20)12-1-6-18-13(7-12)8-25-11-28-18/h1,6-11,14-15H,2-5H2,(H2,26,27,29,30).